The Morgan fingerprint density at radius 3 is 2.70 bits per heavy atom. The molecular formula is C19H28ClN7O3. The first kappa shape index (κ1) is 23.7. The highest BCUT2D eigenvalue weighted by Crippen LogP contribution is 2.08. The van der Waals surface area contributed by atoms with E-state index in [1.54, 1.807) is 11.1 Å². The summed E-state index contributed by atoms with van der Waals surface area (Å²) in [6, 6.07) is 0. The van der Waals surface area contributed by atoms with Gasteiger partial charge in [-0.15, -0.1) is 11.6 Å². The van der Waals surface area contributed by atoms with Crippen LogP contribution in [0.2, 0.25) is 0 Å². The molecule has 1 aliphatic rings. The maximum absolute atomic E-state index is 12.7. The van der Waals surface area contributed by atoms with Gasteiger partial charge in [-0.2, -0.15) is 0 Å². The van der Waals surface area contributed by atoms with E-state index < -0.39 is 12.0 Å². The summed E-state index contributed by atoms with van der Waals surface area (Å²) in [4.78, 5) is 41.1. The number of carbonyl (C=O) groups excluding carboxylic acids is 2. The molecule has 0 aromatic carbocycles. The van der Waals surface area contributed by atoms with Crippen molar-refractivity contribution in [3.63, 3.8) is 0 Å². The highest BCUT2D eigenvalue weighted by Gasteiger charge is 2.23. The van der Waals surface area contributed by atoms with Crippen LogP contribution in [0.1, 0.15) is 29.5 Å². The Hall–Kier alpha value is -2.56. The van der Waals surface area contributed by atoms with Crippen molar-refractivity contribution in [2.75, 3.05) is 45.3 Å². The van der Waals surface area contributed by atoms with Crippen molar-refractivity contribution in [1.29, 1.82) is 0 Å². The van der Waals surface area contributed by atoms with E-state index in [2.05, 4.69) is 20.3 Å². The molecule has 0 radical (unpaired) electrons. The van der Waals surface area contributed by atoms with Crippen LogP contribution in [-0.4, -0.2) is 83.3 Å². The summed E-state index contributed by atoms with van der Waals surface area (Å²) in [5.74, 6) is -0.139. The molecule has 1 aliphatic heterocycles. The zero-order chi connectivity index (χ0) is 21.8. The number of carbonyl (C=O) groups is 2. The predicted molar refractivity (Wildman–Crippen MR) is 114 cm³/mol. The number of nitrogens with one attached hydrogen (secondary N) is 1. The van der Waals surface area contributed by atoms with Crippen molar-refractivity contribution in [2.24, 2.45) is 10.7 Å². The summed E-state index contributed by atoms with van der Waals surface area (Å²) >= 11 is 5.59. The van der Waals surface area contributed by atoms with E-state index in [4.69, 9.17) is 22.1 Å². The van der Waals surface area contributed by atoms with Gasteiger partial charge in [-0.25, -0.2) is 9.78 Å². The van der Waals surface area contributed by atoms with E-state index in [9.17, 15) is 9.59 Å². The van der Waals surface area contributed by atoms with Crippen molar-refractivity contribution < 1.29 is 14.3 Å². The zero-order valence-electron chi connectivity index (χ0n) is 17.1. The Morgan fingerprint density at radius 1 is 1.30 bits per heavy atom. The first-order valence-electron chi connectivity index (χ1n) is 9.77. The highest BCUT2D eigenvalue weighted by molar-refractivity contribution is 6.24. The summed E-state index contributed by atoms with van der Waals surface area (Å²) in [6.45, 7) is 5.04. The van der Waals surface area contributed by atoms with Crippen LogP contribution in [-0.2, 0) is 11.3 Å². The Balaban J connectivity index is 1.97. The Labute approximate surface area is 181 Å². The van der Waals surface area contributed by atoms with Crippen LogP contribution in [0.3, 0.4) is 0 Å². The number of hydrogen-bond acceptors (Lipinski definition) is 8. The summed E-state index contributed by atoms with van der Waals surface area (Å²) < 4.78 is 5.36. The monoisotopic (exact) mass is 437 g/mol. The number of rotatable bonds is 9. The number of piperazine rings is 1. The molecule has 10 nitrogen and oxygen atoms in total. The second-order valence-corrected chi connectivity index (χ2v) is 6.77. The topological polar surface area (TPSA) is 126 Å². The van der Waals surface area contributed by atoms with E-state index in [0.717, 1.165) is 6.42 Å². The number of nitrogens with zero attached hydrogens (tertiary/aromatic N) is 5. The first-order chi connectivity index (χ1) is 14.6. The lowest BCUT2D eigenvalue weighted by Gasteiger charge is -2.33. The number of ether oxygens (including phenoxy) is 1. The van der Waals surface area contributed by atoms with Crippen molar-refractivity contribution in [3.8, 4) is 0 Å². The molecule has 0 spiro atoms. The largest absolute Gasteiger partial charge is 0.443 e. The number of alkyl halides is 1. The van der Waals surface area contributed by atoms with Gasteiger partial charge in [-0.05, 0) is 6.42 Å². The van der Waals surface area contributed by atoms with E-state index in [-0.39, 0.29) is 18.0 Å². The standard InChI is InChI=1S/C19H28ClN7O3/c1-2-3-15(12-22-5-4-20)25-18(28)17-16(23-6-7-24-17)13-30-19(29)27-10-8-26(14-21)9-11-27/h3,5-7H,2,4,8-14,21H2,1H3,(H,25,28)/b15-3+,22-5?. The minimum atomic E-state index is -0.453. The van der Waals surface area contributed by atoms with Crippen molar-refractivity contribution >= 4 is 29.8 Å². The van der Waals surface area contributed by atoms with Gasteiger partial charge in [0.25, 0.3) is 5.91 Å². The molecule has 1 saturated heterocycles. The predicted octanol–water partition coefficient (Wildman–Crippen LogP) is 0.980. The van der Waals surface area contributed by atoms with Gasteiger partial charge in [-0.3, -0.25) is 19.7 Å². The molecule has 1 aromatic heterocycles. The van der Waals surface area contributed by atoms with Crippen molar-refractivity contribution in [2.45, 2.75) is 20.0 Å². The molecule has 3 N–H and O–H groups in total. The maximum atomic E-state index is 12.7. The molecule has 0 unspecified atom stereocenters. The Morgan fingerprint density at radius 2 is 2.03 bits per heavy atom. The second-order valence-electron chi connectivity index (χ2n) is 6.46. The maximum Gasteiger partial charge on any atom is 0.410 e. The summed E-state index contributed by atoms with van der Waals surface area (Å²) in [5.41, 5.74) is 6.63. The highest BCUT2D eigenvalue weighted by atomic mass is 35.5. The Bertz CT molecular complexity index is 764. The molecular weight excluding hydrogens is 410 g/mol. The van der Waals surface area contributed by atoms with E-state index in [0.29, 0.717) is 51.0 Å². The van der Waals surface area contributed by atoms with Crippen LogP contribution in [0.15, 0.2) is 29.2 Å². The molecule has 0 saturated carbocycles. The van der Waals surface area contributed by atoms with Crippen LogP contribution in [0.25, 0.3) is 0 Å². The normalized spacial score (nSPS) is 15.4. The van der Waals surface area contributed by atoms with Gasteiger partial charge in [0, 0.05) is 57.2 Å². The van der Waals surface area contributed by atoms with Crippen LogP contribution in [0, 0.1) is 0 Å². The van der Waals surface area contributed by atoms with Gasteiger partial charge in [0.1, 0.15) is 12.3 Å². The molecule has 2 amide bonds. The van der Waals surface area contributed by atoms with Gasteiger partial charge in [0.05, 0.1) is 12.4 Å². The molecule has 2 rings (SSSR count). The lowest BCUT2D eigenvalue weighted by Crippen LogP contribution is -2.50. The number of aromatic nitrogens is 2. The van der Waals surface area contributed by atoms with E-state index >= 15 is 0 Å². The van der Waals surface area contributed by atoms with E-state index in [1.165, 1.54) is 12.4 Å². The number of halogens is 1. The van der Waals surface area contributed by atoms with E-state index in [1.807, 2.05) is 17.9 Å². The van der Waals surface area contributed by atoms with Crippen LogP contribution in [0.5, 0.6) is 0 Å². The van der Waals surface area contributed by atoms with Gasteiger partial charge in [0.15, 0.2) is 5.69 Å². The average Bonchev–Trinajstić information content (AvgIpc) is 2.78. The summed E-state index contributed by atoms with van der Waals surface area (Å²) in [7, 11) is 0. The number of amides is 2. The summed E-state index contributed by atoms with van der Waals surface area (Å²) in [5, 5.41) is 2.79. The molecule has 1 aromatic rings. The SMILES string of the molecule is CC/C=C(\CN=CCCl)NC(=O)c1nccnc1COC(=O)N1CCN(CN)CC1. The van der Waals surface area contributed by atoms with Crippen LogP contribution in [0.4, 0.5) is 4.79 Å². The van der Waals surface area contributed by atoms with Gasteiger partial charge in [0.2, 0.25) is 0 Å². The molecule has 2 heterocycles. The molecule has 11 heteroatoms. The fourth-order valence-corrected chi connectivity index (χ4v) is 2.91. The minimum absolute atomic E-state index is 0.0987. The molecule has 0 atom stereocenters. The number of allylic oxidation sites excluding steroid dienone is 1. The lowest BCUT2D eigenvalue weighted by atomic mass is 10.2. The number of nitrogens with two attached hydrogens (primary N) is 1. The number of aliphatic imine (C=N–C) groups is 1. The molecule has 30 heavy (non-hydrogen) atoms. The van der Waals surface area contributed by atoms with Crippen LogP contribution >= 0.6 is 11.6 Å². The van der Waals surface area contributed by atoms with Gasteiger partial charge < -0.3 is 20.7 Å². The average molecular weight is 438 g/mol. The third-order valence-electron chi connectivity index (χ3n) is 4.39. The lowest BCUT2D eigenvalue weighted by molar-refractivity contribution is 0.0706. The Kier molecular flexibility index (Phi) is 10.2. The smallest absolute Gasteiger partial charge is 0.410 e. The van der Waals surface area contributed by atoms with Crippen molar-refractivity contribution in [1.82, 2.24) is 25.1 Å². The molecule has 1 fully saturated rings. The summed E-state index contributed by atoms with van der Waals surface area (Å²) in [6.07, 6.45) is 6.58. The quantitative estimate of drug-likeness (QED) is 0.435. The fraction of sp³-hybridized carbons (Fsp3) is 0.526. The second kappa shape index (κ2) is 12.9. The minimum Gasteiger partial charge on any atom is -0.443 e. The van der Waals surface area contributed by atoms with Crippen molar-refractivity contribution in [3.05, 3.63) is 35.6 Å². The molecule has 164 valence electrons. The molecule has 0 bridgehead atoms. The third-order valence-corrected chi connectivity index (χ3v) is 4.53. The third kappa shape index (κ3) is 7.36. The molecule has 0 aliphatic carbocycles. The fourth-order valence-electron chi connectivity index (χ4n) is 2.81. The van der Waals surface area contributed by atoms with Gasteiger partial charge >= 0.3 is 6.09 Å². The number of hydrogen-bond donors (Lipinski definition) is 2. The zero-order valence-corrected chi connectivity index (χ0v) is 17.8. The van der Waals surface area contributed by atoms with Gasteiger partial charge in [-0.1, -0.05) is 13.0 Å². The van der Waals surface area contributed by atoms with Crippen LogP contribution < -0.4 is 11.1 Å². The first-order valence-corrected chi connectivity index (χ1v) is 10.3.